The molecule has 0 amide bonds. The Morgan fingerprint density at radius 3 is 2.67 bits per heavy atom. The minimum atomic E-state index is -0.506. The fraction of sp³-hybridized carbons (Fsp3) is 0.200. The Balaban J connectivity index is 2.06. The Kier molecular flexibility index (Phi) is 5.46. The maximum Gasteiger partial charge on any atom is 0.316 e. The van der Waals surface area contributed by atoms with Crippen LogP contribution in [0.1, 0.15) is 16.7 Å². The van der Waals surface area contributed by atoms with Crippen molar-refractivity contribution in [2.24, 2.45) is 0 Å². The van der Waals surface area contributed by atoms with E-state index in [1.165, 1.54) is 19.4 Å². The third-order valence-corrected chi connectivity index (χ3v) is 4.64. The third-order valence-electron chi connectivity index (χ3n) is 4.23. The highest BCUT2D eigenvalue weighted by Crippen LogP contribution is 2.26. The van der Waals surface area contributed by atoms with Gasteiger partial charge in [-0.05, 0) is 43.2 Å². The lowest BCUT2D eigenvalue weighted by Gasteiger charge is -2.17. The molecule has 0 atom stereocenters. The maximum atomic E-state index is 14.1. The van der Waals surface area contributed by atoms with Crippen LogP contribution in [0.2, 0.25) is 5.02 Å². The molecular weight excluding hydrogens is 369 g/mol. The first-order valence-corrected chi connectivity index (χ1v) is 8.69. The van der Waals surface area contributed by atoms with Gasteiger partial charge < -0.3 is 14.6 Å². The summed E-state index contributed by atoms with van der Waals surface area (Å²) in [5, 5.41) is 3.81. The summed E-state index contributed by atoms with van der Waals surface area (Å²) in [5.74, 6) is 0.0365. The number of aromatic nitrogens is 2. The highest BCUT2D eigenvalue weighted by atomic mass is 35.5. The lowest BCUT2D eigenvalue weighted by atomic mass is 10.1. The van der Waals surface area contributed by atoms with Crippen LogP contribution in [0.3, 0.4) is 0 Å². The summed E-state index contributed by atoms with van der Waals surface area (Å²) in [6.45, 7) is 3.97. The van der Waals surface area contributed by atoms with Crippen LogP contribution in [0.15, 0.2) is 47.4 Å². The van der Waals surface area contributed by atoms with Gasteiger partial charge in [-0.25, -0.2) is 4.39 Å². The molecule has 0 fully saturated rings. The molecule has 2 aromatic carbocycles. The first-order chi connectivity index (χ1) is 12.9. The zero-order chi connectivity index (χ0) is 19.6. The quantitative estimate of drug-likeness (QED) is 0.702. The third kappa shape index (κ3) is 4.11. The molecule has 0 unspecified atom stereocenters. The molecule has 0 aliphatic rings. The van der Waals surface area contributed by atoms with Gasteiger partial charge in [-0.1, -0.05) is 29.8 Å². The molecule has 7 heteroatoms. The Hall–Kier alpha value is -2.86. The van der Waals surface area contributed by atoms with Crippen LogP contribution in [0, 0.1) is 19.7 Å². The predicted molar refractivity (Wildman–Crippen MR) is 105 cm³/mol. The van der Waals surface area contributed by atoms with Gasteiger partial charge >= 0.3 is 5.56 Å². The second kappa shape index (κ2) is 7.80. The summed E-state index contributed by atoms with van der Waals surface area (Å²) >= 11 is 6.15. The summed E-state index contributed by atoms with van der Waals surface area (Å²) in [6, 6.07) is 10.2. The number of nitrogens with one attached hydrogen (secondary N) is 1. The van der Waals surface area contributed by atoms with Gasteiger partial charge in [-0.3, -0.25) is 4.79 Å². The van der Waals surface area contributed by atoms with Crippen LogP contribution >= 0.6 is 11.6 Å². The van der Waals surface area contributed by atoms with Crippen molar-refractivity contribution in [1.82, 2.24) is 9.55 Å². The minimum absolute atomic E-state index is 0.0842. The van der Waals surface area contributed by atoms with Gasteiger partial charge in [0.25, 0.3) is 0 Å². The predicted octanol–water partition coefficient (Wildman–Crippen LogP) is 4.45. The summed E-state index contributed by atoms with van der Waals surface area (Å²) in [6.07, 6.45) is 1.52. The molecule has 0 saturated heterocycles. The largest absolute Gasteiger partial charge is 0.490 e. The molecule has 3 aromatic rings. The number of methoxy groups -OCH3 is 1. The number of halogens is 2. The first-order valence-electron chi connectivity index (χ1n) is 8.31. The van der Waals surface area contributed by atoms with Crippen LogP contribution < -0.4 is 15.6 Å². The SMILES string of the molecule is COc1cn(Cc2ccccc2F)c(Nc2cc(C)c(Cl)cc2C)nc1=O. The van der Waals surface area contributed by atoms with Crippen LogP contribution in [0.25, 0.3) is 0 Å². The summed E-state index contributed by atoms with van der Waals surface area (Å²) < 4.78 is 20.8. The maximum absolute atomic E-state index is 14.1. The normalized spacial score (nSPS) is 10.7. The molecule has 0 spiro atoms. The Morgan fingerprint density at radius 1 is 1.22 bits per heavy atom. The van der Waals surface area contributed by atoms with Crippen molar-refractivity contribution in [1.29, 1.82) is 0 Å². The van der Waals surface area contributed by atoms with Gasteiger partial charge in [0.15, 0.2) is 0 Å². The topological polar surface area (TPSA) is 56.1 Å². The molecule has 27 heavy (non-hydrogen) atoms. The summed E-state index contributed by atoms with van der Waals surface area (Å²) in [4.78, 5) is 16.2. The van der Waals surface area contributed by atoms with Crippen LogP contribution in [0.4, 0.5) is 16.0 Å². The van der Waals surface area contributed by atoms with Crippen molar-refractivity contribution in [3.8, 4) is 5.75 Å². The average molecular weight is 388 g/mol. The number of nitrogens with zero attached hydrogens (tertiary/aromatic N) is 2. The van der Waals surface area contributed by atoms with E-state index in [4.69, 9.17) is 16.3 Å². The number of hydrogen-bond donors (Lipinski definition) is 1. The van der Waals surface area contributed by atoms with Crippen LogP contribution in [-0.4, -0.2) is 16.7 Å². The van der Waals surface area contributed by atoms with Crippen molar-refractivity contribution in [3.05, 3.63) is 80.5 Å². The number of hydrogen-bond acceptors (Lipinski definition) is 4. The molecule has 1 aromatic heterocycles. The highest BCUT2D eigenvalue weighted by Gasteiger charge is 2.13. The van der Waals surface area contributed by atoms with Gasteiger partial charge in [0.1, 0.15) is 5.82 Å². The summed E-state index contributed by atoms with van der Waals surface area (Å²) in [7, 11) is 1.39. The van der Waals surface area contributed by atoms with Crippen LogP contribution in [-0.2, 0) is 6.54 Å². The van der Waals surface area contributed by atoms with Crippen molar-refractivity contribution in [2.75, 3.05) is 12.4 Å². The smallest absolute Gasteiger partial charge is 0.316 e. The fourth-order valence-corrected chi connectivity index (χ4v) is 2.90. The highest BCUT2D eigenvalue weighted by molar-refractivity contribution is 6.31. The monoisotopic (exact) mass is 387 g/mol. The molecule has 1 heterocycles. The molecule has 0 bridgehead atoms. The van der Waals surface area contributed by atoms with Gasteiger partial charge in [0.2, 0.25) is 11.7 Å². The first kappa shape index (κ1) is 18.9. The second-order valence-electron chi connectivity index (χ2n) is 6.20. The standard InChI is InChI=1S/C20H19ClFN3O2/c1-12-9-17(13(2)8-15(12)21)23-20-24-19(26)18(27-3)11-25(20)10-14-6-4-5-7-16(14)22/h4-9,11H,10H2,1-3H3,(H,23,24,26). The van der Waals surface area contributed by atoms with Crippen molar-refractivity contribution >= 4 is 23.2 Å². The van der Waals surface area contributed by atoms with Gasteiger partial charge in [0.05, 0.1) is 19.9 Å². The zero-order valence-electron chi connectivity index (χ0n) is 15.2. The Bertz CT molecular complexity index is 1050. The van der Waals surface area contributed by atoms with Gasteiger partial charge in [0, 0.05) is 16.3 Å². The van der Waals surface area contributed by atoms with Gasteiger partial charge in [-0.2, -0.15) is 4.98 Å². The summed E-state index contributed by atoms with van der Waals surface area (Å²) in [5.41, 5.74) is 2.51. The molecule has 0 radical (unpaired) electrons. The number of anilines is 2. The van der Waals surface area contributed by atoms with E-state index in [0.717, 1.165) is 16.8 Å². The molecular formula is C20H19ClFN3O2. The van der Waals surface area contributed by atoms with E-state index in [2.05, 4.69) is 10.3 Å². The molecule has 0 aliphatic carbocycles. The average Bonchev–Trinajstić information content (AvgIpc) is 2.63. The van der Waals surface area contributed by atoms with Crippen molar-refractivity contribution < 1.29 is 9.13 Å². The van der Waals surface area contributed by atoms with E-state index < -0.39 is 5.56 Å². The van der Waals surface area contributed by atoms with Crippen molar-refractivity contribution in [2.45, 2.75) is 20.4 Å². The van der Waals surface area contributed by atoms with E-state index in [1.807, 2.05) is 26.0 Å². The van der Waals surface area contributed by atoms with E-state index in [1.54, 1.807) is 22.8 Å². The lowest BCUT2D eigenvalue weighted by molar-refractivity contribution is 0.402. The van der Waals surface area contributed by atoms with Gasteiger partial charge in [-0.15, -0.1) is 0 Å². The zero-order valence-corrected chi connectivity index (χ0v) is 16.0. The number of benzene rings is 2. The Labute approximate surface area is 161 Å². The number of ether oxygens (including phenoxy) is 1. The van der Waals surface area contributed by atoms with Crippen molar-refractivity contribution in [3.63, 3.8) is 0 Å². The molecule has 5 nitrogen and oxygen atoms in total. The fourth-order valence-electron chi connectivity index (χ4n) is 2.68. The molecule has 3 rings (SSSR count). The van der Waals surface area contributed by atoms with E-state index in [0.29, 0.717) is 10.6 Å². The van der Waals surface area contributed by atoms with E-state index in [-0.39, 0.29) is 24.1 Å². The Morgan fingerprint density at radius 2 is 1.96 bits per heavy atom. The molecule has 0 saturated carbocycles. The molecule has 1 N–H and O–H groups in total. The minimum Gasteiger partial charge on any atom is -0.490 e. The molecule has 0 aliphatic heterocycles. The lowest BCUT2D eigenvalue weighted by Crippen LogP contribution is -2.19. The van der Waals surface area contributed by atoms with Crippen LogP contribution in [0.5, 0.6) is 5.75 Å². The number of rotatable bonds is 5. The second-order valence-corrected chi connectivity index (χ2v) is 6.61. The number of aryl methyl sites for hydroxylation is 2. The van der Waals surface area contributed by atoms with E-state index in [9.17, 15) is 9.18 Å². The molecule has 140 valence electrons. The van der Waals surface area contributed by atoms with E-state index >= 15 is 0 Å².